The zero-order chi connectivity index (χ0) is 38.1. The molecule has 12 heteroatoms. The number of benzene rings is 4. The Kier molecular flexibility index (Phi) is 11.7. The SMILES string of the molecule is CC(C)(C)O[Si]1(OC(C)(C)C)O[Si](c2ccccc2)(c2ccccc2)O[Si](OC(C)(C)C)(OC(C)(C)C)O[Si](c2ccccc2)(c2ccccc2)O1. The van der Waals surface area contributed by atoms with Gasteiger partial charge in [0.05, 0.1) is 22.4 Å². The van der Waals surface area contributed by atoms with Gasteiger partial charge in [-0.15, -0.1) is 0 Å². The minimum Gasteiger partial charge on any atom is -0.364 e. The van der Waals surface area contributed by atoms with Gasteiger partial charge in [-0.2, -0.15) is 0 Å². The molecule has 0 aliphatic carbocycles. The molecule has 0 aromatic heterocycles. The molecule has 0 radical (unpaired) electrons. The first kappa shape index (κ1) is 40.6. The third-order valence-corrected chi connectivity index (χ3v) is 23.8. The molecule has 1 aliphatic heterocycles. The molecule has 1 aliphatic rings. The van der Waals surface area contributed by atoms with Crippen molar-refractivity contribution < 1.29 is 34.2 Å². The second-order valence-corrected chi connectivity index (χ2v) is 27.8. The first-order chi connectivity index (χ1) is 24.1. The van der Waals surface area contributed by atoms with Crippen molar-refractivity contribution >= 4 is 56.0 Å². The van der Waals surface area contributed by atoms with Crippen molar-refractivity contribution in [2.45, 2.75) is 105 Å². The smallest absolute Gasteiger partial charge is 0.364 e. The maximum Gasteiger partial charge on any atom is 0.663 e. The van der Waals surface area contributed by atoms with Crippen LogP contribution in [0.2, 0.25) is 0 Å². The van der Waals surface area contributed by atoms with Gasteiger partial charge >= 0.3 is 35.2 Å². The van der Waals surface area contributed by atoms with E-state index in [0.29, 0.717) is 0 Å². The second kappa shape index (κ2) is 14.9. The first-order valence-corrected chi connectivity index (χ1v) is 24.8. The molecular weight excluding hydrogens is 721 g/mol. The molecule has 0 N–H and O–H groups in total. The Morgan fingerprint density at radius 1 is 0.308 bits per heavy atom. The summed E-state index contributed by atoms with van der Waals surface area (Å²) >= 11 is 0. The summed E-state index contributed by atoms with van der Waals surface area (Å²) in [5.74, 6) is 0. The van der Waals surface area contributed by atoms with Crippen LogP contribution in [-0.2, 0) is 34.2 Å². The minimum atomic E-state index is -4.43. The van der Waals surface area contributed by atoms with E-state index in [9.17, 15) is 0 Å². The predicted molar refractivity (Wildman–Crippen MR) is 215 cm³/mol. The predicted octanol–water partition coefficient (Wildman–Crippen LogP) is 6.71. The average Bonchev–Trinajstić information content (AvgIpc) is 3.02. The van der Waals surface area contributed by atoms with Gasteiger partial charge in [0, 0.05) is 0 Å². The van der Waals surface area contributed by atoms with Crippen molar-refractivity contribution in [3.05, 3.63) is 121 Å². The summed E-state index contributed by atoms with van der Waals surface area (Å²) in [7, 11) is -17.0. The van der Waals surface area contributed by atoms with Gasteiger partial charge in [0.15, 0.2) is 0 Å². The van der Waals surface area contributed by atoms with Crippen LogP contribution in [-0.4, -0.2) is 57.6 Å². The van der Waals surface area contributed by atoms with E-state index in [1.165, 1.54) is 0 Å². The highest BCUT2D eigenvalue weighted by Crippen LogP contribution is 2.39. The van der Waals surface area contributed by atoms with Crippen molar-refractivity contribution in [3.8, 4) is 0 Å². The number of rotatable bonds is 8. The van der Waals surface area contributed by atoms with Crippen LogP contribution >= 0.6 is 0 Å². The van der Waals surface area contributed by atoms with Gasteiger partial charge in [-0.25, -0.2) is 0 Å². The van der Waals surface area contributed by atoms with E-state index in [-0.39, 0.29) is 0 Å². The minimum absolute atomic E-state index is 0.782. The molecule has 0 saturated carbocycles. The Labute approximate surface area is 315 Å². The molecule has 1 fully saturated rings. The maximum atomic E-state index is 7.79. The van der Waals surface area contributed by atoms with Gasteiger partial charge in [-0.1, -0.05) is 121 Å². The van der Waals surface area contributed by atoms with E-state index >= 15 is 0 Å². The molecular formula is C40H56O8Si4. The fourth-order valence-corrected chi connectivity index (χ4v) is 25.1. The normalized spacial score (nSPS) is 19.0. The molecule has 5 rings (SSSR count). The van der Waals surface area contributed by atoms with Crippen LogP contribution in [0.25, 0.3) is 0 Å². The Hall–Kier alpha value is -2.57. The molecule has 0 amide bonds. The third kappa shape index (κ3) is 9.94. The van der Waals surface area contributed by atoms with Crippen LogP contribution in [0.4, 0.5) is 0 Å². The van der Waals surface area contributed by atoms with E-state index in [2.05, 4.69) is 0 Å². The summed E-state index contributed by atoms with van der Waals surface area (Å²) in [6, 6.07) is 39.8. The molecule has 4 aromatic carbocycles. The number of hydrogen-bond acceptors (Lipinski definition) is 8. The van der Waals surface area contributed by atoms with E-state index in [4.69, 9.17) is 34.2 Å². The first-order valence-electron chi connectivity index (χ1n) is 17.9. The van der Waals surface area contributed by atoms with Crippen LogP contribution in [0.15, 0.2) is 121 Å². The van der Waals surface area contributed by atoms with Gasteiger partial charge in [0.1, 0.15) is 0 Å². The fraction of sp³-hybridized carbons (Fsp3) is 0.400. The standard InChI is InChI=1S/C40H56O8Si4/c1-37(2,3)41-51(42-38(4,5)6)45-49(33-25-17-13-18-26-33,34-27-19-14-20-28-34)47-52(43-39(7,8)9,44-40(10,11)12)48-50(46-51,35-29-21-15-22-30-35)36-31-23-16-24-32-36/h13-32H,1-12H3. The lowest BCUT2D eigenvalue weighted by Crippen LogP contribution is -2.84. The van der Waals surface area contributed by atoms with Gasteiger partial charge in [0.2, 0.25) is 0 Å². The summed E-state index contributed by atoms with van der Waals surface area (Å²) in [6.45, 7) is 23.8. The zero-order valence-electron chi connectivity index (χ0n) is 32.8. The molecule has 1 heterocycles. The highest BCUT2D eigenvalue weighted by molar-refractivity contribution is 7.05. The summed E-state index contributed by atoms with van der Waals surface area (Å²) < 4.78 is 59.8. The molecule has 1 saturated heterocycles. The number of hydrogen-bond donors (Lipinski definition) is 0. The summed E-state index contributed by atoms with van der Waals surface area (Å²) in [4.78, 5) is 0. The average molecular weight is 777 g/mol. The maximum absolute atomic E-state index is 7.79. The van der Waals surface area contributed by atoms with Crippen molar-refractivity contribution in [2.24, 2.45) is 0 Å². The lowest BCUT2D eigenvalue weighted by molar-refractivity contribution is -0.0964. The highest BCUT2D eigenvalue weighted by atomic mass is 28.6. The molecule has 280 valence electrons. The van der Waals surface area contributed by atoms with Crippen molar-refractivity contribution in [1.29, 1.82) is 0 Å². The van der Waals surface area contributed by atoms with Gasteiger partial charge in [-0.3, -0.25) is 0 Å². The summed E-state index contributed by atoms with van der Waals surface area (Å²) in [5.41, 5.74) is -3.13. The van der Waals surface area contributed by atoms with Gasteiger partial charge in [0.25, 0.3) is 0 Å². The molecule has 0 unspecified atom stereocenters. The largest absolute Gasteiger partial charge is 0.663 e. The molecule has 0 bridgehead atoms. The van der Waals surface area contributed by atoms with Crippen LogP contribution < -0.4 is 20.7 Å². The molecule has 8 nitrogen and oxygen atoms in total. The van der Waals surface area contributed by atoms with E-state index in [1.807, 2.05) is 204 Å². The Morgan fingerprint density at radius 3 is 0.635 bits per heavy atom. The van der Waals surface area contributed by atoms with E-state index in [1.54, 1.807) is 0 Å². The van der Waals surface area contributed by atoms with Crippen LogP contribution in [0.3, 0.4) is 0 Å². The highest BCUT2D eigenvalue weighted by Gasteiger charge is 2.73. The zero-order valence-corrected chi connectivity index (χ0v) is 36.8. The molecule has 52 heavy (non-hydrogen) atoms. The van der Waals surface area contributed by atoms with Crippen molar-refractivity contribution in [2.75, 3.05) is 0 Å². The second-order valence-electron chi connectivity index (χ2n) is 17.0. The van der Waals surface area contributed by atoms with Gasteiger partial charge < -0.3 is 34.2 Å². The topological polar surface area (TPSA) is 73.8 Å². The van der Waals surface area contributed by atoms with Crippen molar-refractivity contribution in [1.82, 2.24) is 0 Å². The lowest BCUT2D eigenvalue weighted by atomic mass is 10.2. The summed E-state index contributed by atoms with van der Waals surface area (Å²) in [6.07, 6.45) is 0. The van der Waals surface area contributed by atoms with Crippen LogP contribution in [0.1, 0.15) is 83.1 Å². The third-order valence-electron chi connectivity index (χ3n) is 7.41. The molecule has 0 atom stereocenters. The lowest BCUT2D eigenvalue weighted by Gasteiger charge is -2.53. The van der Waals surface area contributed by atoms with E-state index < -0.39 is 57.6 Å². The Bertz CT molecular complexity index is 1470. The van der Waals surface area contributed by atoms with E-state index in [0.717, 1.165) is 20.7 Å². The Morgan fingerprint density at radius 2 is 0.481 bits per heavy atom. The van der Waals surface area contributed by atoms with Gasteiger partial charge in [-0.05, 0) is 104 Å². The van der Waals surface area contributed by atoms with Crippen LogP contribution in [0.5, 0.6) is 0 Å². The Balaban J connectivity index is 2.01. The monoisotopic (exact) mass is 776 g/mol. The quantitative estimate of drug-likeness (QED) is 0.183. The van der Waals surface area contributed by atoms with Crippen molar-refractivity contribution in [3.63, 3.8) is 0 Å². The molecule has 4 aromatic rings. The summed E-state index contributed by atoms with van der Waals surface area (Å²) in [5, 5.41) is 3.17. The molecule has 0 spiro atoms. The van der Waals surface area contributed by atoms with Crippen LogP contribution in [0, 0.1) is 0 Å². The fourth-order valence-electron chi connectivity index (χ4n) is 5.93.